The molecule has 0 spiro atoms. The first kappa shape index (κ1) is 14.9. The SMILES string of the molecule is CCCOCc1nc2c(s1)CCCC2CNC(C)C. The maximum atomic E-state index is 5.61. The van der Waals surface area contributed by atoms with Crippen molar-refractivity contribution in [3.63, 3.8) is 0 Å². The van der Waals surface area contributed by atoms with Gasteiger partial charge in [0.05, 0.1) is 12.3 Å². The molecular weight excluding hydrogens is 256 g/mol. The van der Waals surface area contributed by atoms with E-state index in [1.165, 1.54) is 29.8 Å². The molecule has 0 aliphatic heterocycles. The van der Waals surface area contributed by atoms with Crippen molar-refractivity contribution in [2.45, 2.75) is 65.0 Å². The lowest BCUT2D eigenvalue weighted by molar-refractivity contribution is 0.121. The molecule has 0 saturated heterocycles. The molecule has 0 aromatic carbocycles. The Balaban J connectivity index is 1.98. The van der Waals surface area contributed by atoms with Crippen LogP contribution >= 0.6 is 11.3 Å². The Kier molecular flexibility index (Phi) is 5.79. The van der Waals surface area contributed by atoms with E-state index in [1.807, 2.05) is 11.3 Å². The predicted octanol–water partition coefficient (Wildman–Crippen LogP) is 3.49. The lowest BCUT2D eigenvalue weighted by atomic mass is 9.91. The highest BCUT2D eigenvalue weighted by Gasteiger charge is 2.24. The third-order valence-corrected chi connectivity index (χ3v) is 4.57. The van der Waals surface area contributed by atoms with Crippen LogP contribution in [0.25, 0.3) is 0 Å². The third-order valence-electron chi connectivity index (χ3n) is 3.46. The van der Waals surface area contributed by atoms with E-state index in [0.29, 0.717) is 18.6 Å². The fourth-order valence-electron chi connectivity index (χ4n) is 2.50. The van der Waals surface area contributed by atoms with Crippen LogP contribution in [0.1, 0.15) is 61.5 Å². The number of nitrogens with zero attached hydrogens (tertiary/aromatic N) is 1. The number of thiazole rings is 1. The van der Waals surface area contributed by atoms with Crippen LogP contribution in [0.5, 0.6) is 0 Å². The Hall–Kier alpha value is -0.450. The molecule has 4 heteroatoms. The number of fused-ring (bicyclic) bond motifs is 1. The molecule has 1 aliphatic carbocycles. The summed E-state index contributed by atoms with van der Waals surface area (Å²) in [6.07, 6.45) is 4.85. The van der Waals surface area contributed by atoms with E-state index >= 15 is 0 Å². The first-order chi connectivity index (χ1) is 9.20. The minimum Gasteiger partial charge on any atom is -0.374 e. The molecule has 0 amide bonds. The Morgan fingerprint density at radius 1 is 1.47 bits per heavy atom. The van der Waals surface area contributed by atoms with Gasteiger partial charge in [0.15, 0.2) is 0 Å². The topological polar surface area (TPSA) is 34.1 Å². The maximum absolute atomic E-state index is 5.61. The molecule has 1 aromatic rings. The van der Waals surface area contributed by atoms with Crippen LogP contribution in [0.4, 0.5) is 0 Å². The van der Waals surface area contributed by atoms with Crippen molar-refractivity contribution in [1.29, 1.82) is 0 Å². The van der Waals surface area contributed by atoms with Gasteiger partial charge in [-0.25, -0.2) is 4.98 Å². The Bertz CT molecular complexity index is 389. The average Bonchev–Trinajstić information content (AvgIpc) is 2.79. The highest BCUT2D eigenvalue weighted by molar-refractivity contribution is 7.11. The van der Waals surface area contributed by atoms with Crippen molar-refractivity contribution >= 4 is 11.3 Å². The van der Waals surface area contributed by atoms with E-state index < -0.39 is 0 Å². The van der Waals surface area contributed by atoms with E-state index in [4.69, 9.17) is 9.72 Å². The molecule has 19 heavy (non-hydrogen) atoms. The van der Waals surface area contributed by atoms with Gasteiger partial charge in [-0.3, -0.25) is 0 Å². The third kappa shape index (κ3) is 4.26. The second kappa shape index (κ2) is 7.36. The molecule has 0 fully saturated rings. The van der Waals surface area contributed by atoms with Crippen LogP contribution in [0, 0.1) is 0 Å². The Morgan fingerprint density at radius 2 is 2.32 bits per heavy atom. The van der Waals surface area contributed by atoms with Crippen molar-refractivity contribution in [2.75, 3.05) is 13.2 Å². The van der Waals surface area contributed by atoms with E-state index in [0.717, 1.165) is 24.6 Å². The number of aromatic nitrogens is 1. The van der Waals surface area contributed by atoms with Crippen LogP contribution < -0.4 is 5.32 Å². The molecule has 1 atom stereocenters. The van der Waals surface area contributed by atoms with Gasteiger partial charge in [0.2, 0.25) is 0 Å². The molecule has 1 heterocycles. The van der Waals surface area contributed by atoms with Crippen LogP contribution in [0.3, 0.4) is 0 Å². The highest BCUT2D eigenvalue weighted by Crippen LogP contribution is 2.34. The van der Waals surface area contributed by atoms with E-state index in [1.54, 1.807) is 0 Å². The molecule has 1 unspecified atom stereocenters. The molecule has 0 radical (unpaired) electrons. The van der Waals surface area contributed by atoms with Gasteiger partial charge in [0.1, 0.15) is 5.01 Å². The van der Waals surface area contributed by atoms with Crippen molar-refractivity contribution < 1.29 is 4.74 Å². The lowest BCUT2D eigenvalue weighted by Gasteiger charge is -2.22. The molecule has 3 nitrogen and oxygen atoms in total. The number of aryl methyl sites for hydroxylation is 1. The monoisotopic (exact) mass is 282 g/mol. The smallest absolute Gasteiger partial charge is 0.119 e. The lowest BCUT2D eigenvalue weighted by Crippen LogP contribution is -2.29. The normalized spacial score (nSPS) is 18.8. The van der Waals surface area contributed by atoms with E-state index in [9.17, 15) is 0 Å². The van der Waals surface area contributed by atoms with Gasteiger partial charge in [-0.1, -0.05) is 20.8 Å². The molecular formula is C15H26N2OS. The number of ether oxygens (including phenoxy) is 1. The van der Waals surface area contributed by atoms with Gasteiger partial charge in [-0.15, -0.1) is 11.3 Å². The quantitative estimate of drug-likeness (QED) is 0.777. The van der Waals surface area contributed by atoms with Crippen molar-refractivity contribution in [1.82, 2.24) is 10.3 Å². The summed E-state index contributed by atoms with van der Waals surface area (Å²) < 4.78 is 5.61. The van der Waals surface area contributed by atoms with Crippen LogP contribution in [-0.2, 0) is 17.8 Å². The molecule has 1 aromatic heterocycles. The zero-order valence-electron chi connectivity index (χ0n) is 12.4. The molecule has 1 aliphatic rings. The number of hydrogen-bond acceptors (Lipinski definition) is 4. The van der Waals surface area contributed by atoms with Crippen LogP contribution in [0.2, 0.25) is 0 Å². The zero-order chi connectivity index (χ0) is 13.7. The van der Waals surface area contributed by atoms with Gasteiger partial charge >= 0.3 is 0 Å². The van der Waals surface area contributed by atoms with Crippen LogP contribution in [-0.4, -0.2) is 24.2 Å². The highest BCUT2D eigenvalue weighted by atomic mass is 32.1. The summed E-state index contributed by atoms with van der Waals surface area (Å²) >= 11 is 1.86. The van der Waals surface area contributed by atoms with Gasteiger partial charge in [-0.2, -0.15) is 0 Å². The summed E-state index contributed by atoms with van der Waals surface area (Å²) in [7, 11) is 0. The maximum Gasteiger partial charge on any atom is 0.119 e. The Morgan fingerprint density at radius 3 is 3.05 bits per heavy atom. The standard InChI is InChI=1S/C15H26N2OS/c1-4-8-18-10-14-17-15-12(9-16-11(2)3)6-5-7-13(15)19-14/h11-12,16H,4-10H2,1-3H3. The van der Waals surface area contributed by atoms with Crippen molar-refractivity contribution in [3.8, 4) is 0 Å². The molecule has 108 valence electrons. The second-order valence-electron chi connectivity index (χ2n) is 5.62. The summed E-state index contributed by atoms with van der Waals surface area (Å²) in [5.41, 5.74) is 1.35. The largest absolute Gasteiger partial charge is 0.374 e. The van der Waals surface area contributed by atoms with E-state index in [-0.39, 0.29) is 0 Å². The fraction of sp³-hybridized carbons (Fsp3) is 0.800. The number of rotatable bonds is 7. The summed E-state index contributed by atoms with van der Waals surface area (Å²) in [6.45, 7) is 9.13. The first-order valence-corrected chi connectivity index (χ1v) is 8.32. The summed E-state index contributed by atoms with van der Waals surface area (Å²) in [4.78, 5) is 6.33. The minimum atomic E-state index is 0.552. The zero-order valence-corrected chi connectivity index (χ0v) is 13.2. The second-order valence-corrected chi connectivity index (χ2v) is 6.79. The van der Waals surface area contributed by atoms with Gasteiger partial charge in [-0.05, 0) is 25.7 Å². The molecule has 1 N–H and O–H groups in total. The first-order valence-electron chi connectivity index (χ1n) is 7.50. The molecule has 0 saturated carbocycles. The molecule has 2 rings (SSSR count). The summed E-state index contributed by atoms with van der Waals surface area (Å²) in [5.74, 6) is 0.599. The van der Waals surface area contributed by atoms with Crippen LogP contribution in [0.15, 0.2) is 0 Å². The van der Waals surface area contributed by atoms with Gasteiger partial charge in [0, 0.05) is 30.0 Å². The summed E-state index contributed by atoms with van der Waals surface area (Å²) in [6, 6.07) is 0.552. The summed E-state index contributed by atoms with van der Waals surface area (Å²) in [5, 5.41) is 4.71. The van der Waals surface area contributed by atoms with Crippen molar-refractivity contribution in [2.24, 2.45) is 0 Å². The minimum absolute atomic E-state index is 0.552. The number of nitrogens with one attached hydrogen (secondary N) is 1. The van der Waals surface area contributed by atoms with Gasteiger partial charge < -0.3 is 10.1 Å². The number of hydrogen-bond donors (Lipinski definition) is 1. The predicted molar refractivity (Wildman–Crippen MR) is 80.9 cm³/mol. The van der Waals surface area contributed by atoms with Crippen molar-refractivity contribution in [3.05, 3.63) is 15.6 Å². The molecule has 0 bridgehead atoms. The van der Waals surface area contributed by atoms with Gasteiger partial charge in [0.25, 0.3) is 0 Å². The fourth-order valence-corrected chi connectivity index (χ4v) is 3.63. The van der Waals surface area contributed by atoms with E-state index in [2.05, 4.69) is 26.1 Å². The average molecular weight is 282 g/mol. The Labute approximate surface area is 120 Å².